The number of alkyl halides is 1. The van der Waals surface area contributed by atoms with Gasteiger partial charge in [0.05, 0.1) is 5.69 Å². The van der Waals surface area contributed by atoms with E-state index < -0.39 is 0 Å². The number of carbonyl (C=O) groups is 1. The lowest BCUT2D eigenvalue weighted by atomic mass is 10.3. The fourth-order valence-electron chi connectivity index (χ4n) is 0.638. The third-order valence-electron chi connectivity index (χ3n) is 1.09. The lowest BCUT2D eigenvalue weighted by molar-refractivity contribution is 0.111. The molecule has 1 aromatic heterocycles. The third kappa shape index (κ3) is 1.64. The molecule has 0 aliphatic heterocycles. The number of halogens is 1. The Hall–Kier alpha value is -0.700. The average molecular weight is 200 g/mol. The van der Waals surface area contributed by atoms with Gasteiger partial charge in [0.25, 0.3) is 0 Å². The van der Waals surface area contributed by atoms with Crippen molar-refractivity contribution in [1.82, 2.24) is 4.98 Å². The number of nitrogens with zero attached hydrogens (tertiary/aromatic N) is 1. The van der Waals surface area contributed by atoms with Gasteiger partial charge in [-0.3, -0.25) is 4.79 Å². The monoisotopic (exact) mass is 199 g/mol. The minimum atomic E-state index is 0.483. The molecule has 0 unspecified atom stereocenters. The Kier molecular flexibility index (Phi) is 2.57. The molecule has 10 heavy (non-hydrogen) atoms. The third-order valence-corrected chi connectivity index (χ3v) is 1.66. The smallest absolute Gasteiger partial charge is 0.168 e. The van der Waals surface area contributed by atoms with Gasteiger partial charge < -0.3 is 0 Å². The summed E-state index contributed by atoms with van der Waals surface area (Å²) in [5.41, 5.74) is 1.36. The SMILES string of the molecule is O=Cc1cccc(CBr)n1. The van der Waals surface area contributed by atoms with Crippen molar-refractivity contribution in [2.75, 3.05) is 0 Å². The van der Waals surface area contributed by atoms with Crippen LogP contribution in [0.5, 0.6) is 0 Å². The number of carbonyl (C=O) groups excluding carboxylic acids is 1. The van der Waals surface area contributed by atoms with Gasteiger partial charge in [-0.2, -0.15) is 0 Å². The van der Waals surface area contributed by atoms with Gasteiger partial charge >= 0.3 is 0 Å². The summed E-state index contributed by atoms with van der Waals surface area (Å²) in [5.74, 6) is 0. The highest BCUT2D eigenvalue weighted by molar-refractivity contribution is 9.08. The van der Waals surface area contributed by atoms with E-state index in [0.717, 1.165) is 12.0 Å². The Balaban J connectivity index is 2.98. The Bertz CT molecular complexity index is 237. The summed E-state index contributed by atoms with van der Waals surface area (Å²) in [7, 11) is 0. The molecule has 1 aromatic rings. The van der Waals surface area contributed by atoms with Crippen molar-refractivity contribution in [3.05, 3.63) is 29.6 Å². The number of aldehydes is 1. The summed E-state index contributed by atoms with van der Waals surface area (Å²) in [6.45, 7) is 0. The van der Waals surface area contributed by atoms with E-state index in [1.807, 2.05) is 12.1 Å². The van der Waals surface area contributed by atoms with Crippen LogP contribution in [0.25, 0.3) is 0 Å². The number of pyridine rings is 1. The normalized spacial score (nSPS) is 9.30. The molecule has 0 spiro atoms. The first-order valence-electron chi connectivity index (χ1n) is 2.84. The van der Waals surface area contributed by atoms with Crippen molar-refractivity contribution in [2.24, 2.45) is 0 Å². The average Bonchev–Trinajstić information content (AvgIpc) is 2.05. The molecular weight excluding hydrogens is 194 g/mol. The summed E-state index contributed by atoms with van der Waals surface area (Å²) >= 11 is 3.24. The fraction of sp³-hybridized carbons (Fsp3) is 0.143. The zero-order valence-corrected chi connectivity index (χ0v) is 6.84. The molecule has 0 aliphatic rings. The molecule has 2 nitrogen and oxygen atoms in total. The zero-order valence-electron chi connectivity index (χ0n) is 5.25. The molecule has 1 heterocycles. The molecule has 0 saturated heterocycles. The molecule has 1 rings (SSSR count). The van der Waals surface area contributed by atoms with Crippen LogP contribution in [0.2, 0.25) is 0 Å². The van der Waals surface area contributed by atoms with Crippen LogP contribution in [-0.4, -0.2) is 11.3 Å². The van der Waals surface area contributed by atoms with Gasteiger partial charge in [-0.15, -0.1) is 0 Å². The van der Waals surface area contributed by atoms with Crippen LogP contribution in [0.4, 0.5) is 0 Å². The second-order valence-corrected chi connectivity index (χ2v) is 2.37. The van der Waals surface area contributed by atoms with Crippen LogP contribution >= 0.6 is 15.9 Å². The van der Waals surface area contributed by atoms with E-state index in [1.54, 1.807) is 6.07 Å². The minimum absolute atomic E-state index is 0.483. The molecular formula is C7H6BrNO. The molecule has 0 fully saturated rings. The van der Waals surface area contributed by atoms with E-state index in [9.17, 15) is 4.79 Å². The van der Waals surface area contributed by atoms with Gasteiger partial charge in [0.1, 0.15) is 5.69 Å². The number of aromatic nitrogens is 1. The first-order valence-corrected chi connectivity index (χ1v) is 3.96. The maximum Gasteiger partial charge on any atom is 0.168 e. The van der Waals surface area contributed by atoms with Crippen LogP contribution in [-0.2, 0) is 5.33 Å². The van der Waals surface area contributed by atoms with Gasteiger partial charge in [-0.05, 0) is 12.1 Å². The van der Waals surface area contributed by atoms with Crippen molar-refractivity contribution in [3.8, 4) is 0 Å². The molecule has 0 amide bonds. The topological polar surface area (TPSA) is 30.0 Å². The van der Waals surface area contributed by atoms with Crippen molar-refractivity contribution < 1.29 is 4.79 Å². The quantitative estimate of drug-likeness (QED) is 0.538. The number of hydrogen-bond donors (Lipinski definition) is 0. The molecule has 3 heteroatoms. The van der Waals surface area contributed by atoms with Gasteiger partial charge in [0.15, 0.2) is 6.29 Å². The molecule has 0 aliphatic carbocycles. The van der Waals surface area contributed by atoms with Crippen molar-refractivity contribution in [1.29, 1.82) is 0 Å². The van der Waals surface area contributed by atoms with E-state index in [4.69, 9.17) is 0 Å². The second kappa shape index (κ2) is 3.46. The highest BCUT2D eigenvalue weighted by Gasteiger charge is 1.92. The lowest BCUT2D eigenvalue weighted by Crippen LogP contribution is -1.89. The summed E-state index contributed by atoms with van der Waals surface area (Å²) in [5, 5.41) is 0.689. The maximum absolute atomic E-state index is 10.2. The van der Waals surface area contributed by atoms with Gasteiger partial charge in [0, 0.05) is 5.33 Å². The highest BCUT2D eigenvalue weighted by Crippen LogP contribution is 2.01. The van der Waals surface area contributed by atoms with Gasteiger partial charge in [-0.25, -0.2) is 4.98 Å². The maximum atomic E-state index is 10.2. The standard InChI is InChI=1S/C7H6BrNO/c8-4-6-2-1-3-7(5-10)9-6/h1-3,5H,4H2. The molecule has 0 radical (unpaired) electrons. The molecule has 0 bridgehead atoms. The predicted octanol–water partition coefficient (Wildman–Crippen LogP) is 1.79. The summed E-state index contributed by atoms with van der Waals surface area (Å²) in [6, 6.07) is 5.36. The predicted molar refractivity (Wildman–Crippen MR) is 42.3 cm³/mol. The van der Waals surface area contributed by atoms with Crippen LogP contribution in [0.3, 0.4) is 0 Å². The van der Waals surface area contributed by atoms with Crippen LogP contribution in [0.1, 0.15) is 16.2 Å². The summed E-state index contributed by atoms with van der Waals surface area (Å²) < 4.78 is 0. The molecule has 0 atom stereocenters. The van der Waals surface area contributed by atoms with Gasteiger partial charge in [-0.1, -0.05) is 22.0 Å². The largest absolute Gasteiger partial charge is 0.296 e. The van der Waals surface area contributed by atoms with E-state index >= 15 is 0 Å². The number of rotatable bonds is 2. The Morgan fingerprint density at radius 3 is 3.00 bits per heavy atom. The van der Waals surface area contributed by atoms with E-state index in [2.05, 4.69) is 20.9 Å². The second-order valence-electron chi connectivity index (χ2n) is 1.81. The molecule has 52 valence electrons. The van der Waals surface area contributed by atoms with Crippen LogP contribution < -0.4 is 0 Å². The first-order chi connectivity index (χ1) is 4.86. The van der Waals surface area contributed by atoms with Crippen molar-refractivity contribution in [2.45, 2.75) is 5.33 Å². The minimum Gasteiger partial charge on any atom is -0.296 e. The van der Waals surface area contributed by atoms with E-state index in [1.165, 1.54) is 0 Å². The molecule has 0 saturated carbocycles. The Morgan fingerprint density at radius 1 is 1.60 bits per heavy atom. The van der Waals surface area contributed by atoms with Crippen molar-refractivity contribution in [3.63, 3.8) is 0 Å². The molecule has 0 aromatic carbocycles. The van der Waals surface area contributed by atoms with E-state index in [-0.39, 0.29) is 0 Å². The Morgan fingerprint density at radius 2 is 2.40 bits per heavy atom. The summed E-state index contributed by atoms with van der Waals surface area (Å²) in [4.78, 5) is 14.2. The highest BCUT2D eigenvalue weighted by atomic mass is 79.9. The summed E-state index contributed by atoms with van der Waals surface area (Å²) in [6.07, 6.45) is 0.742. The van der Waals surface area contributed by atoms with Crippen LogP contribution in [0, 0.1) is 0 Å². The van der Waals surface area contributed by atoms with Crippen molar-refractivity contribution >= 4 is 22.2 Å². The fourth-order valence-corrected chi connectivity index (χ4v) is 0.950. The Labute approximate surface area is 67.4 Å². The zero-order chi connectivity index (χ0) is 7.40. The molecule has 0 N–H and O–H groups in total. The first kappa shape index (κ1) is 7.41. The van der Waals surface area contributed by atoms with E-state index in [0.29, 0.717) is 11.0 Å². The number of hydrogen-bond acceptors (Lipinski definition) is 2. The lowest BCUT2D eigenvalue weighted by Gasteiger charge is -1.92. The van der Waals surface area contributed by atoms with Gasteiger partial charge in [0.2, 0.25) is 0 Å². The van der Waals surface area contributed by atoms with Crippen LogP contribution in [0.15, 0.2) is 18.2 Å².